The number of fused-ring (bicyclic) bond motifs is 1. The highest BCUT2D eigenvalue weighted by molar-refractivity contribution is 7.99. The van der Waals surface area contributed by atoms with Crippen LogP contribution in [0.2, 0.25) is 0 Å². The van der Waals surface area contributed by atoms with Crippen molar-refractivity contribution in [2.24, 2.45) is 4.99 Å². The van der Waals surface area contributed by atoms with Crippen LogP contribution < -0.4 is 20.7 Å². The minimum Gasteiger partial charge on any atom is -0.494 e. The number of ether oxygens (including phenoxy) is 2. The second-order valence-electron chi connectivity index (χ2n) is 7.91. The van der Waals surface area contributed by atoms with E-state index < -0.39 is 11.2 Å². The van der Waals surface area contributed by atoms with E-state index in [2.05, 4.69) is 4.98 Å². The first-order valence-electron chi connectivity index (χ1n) is 11.1. The summed E-state index contributed by atoms with van der Waals surface area (Å²) >= 11 is 1.62. The van der Waals surface area contributed by atoms with Crippen LogP contribution in [-0.4, -0.2) is 34.6 Å². The number of methoxy groups -OCH3 is 2. The summed E-state index contributed by atoms with van der Waals surface area (Å²) in [7, 11) is 3.17. The largest absolute Gasteiger partial charge is 0.494 e. The number of hydrogen-bond donors (Lipinski definition) is 2. The zero-order valence-corrected chi connectivity index (χ0v) is 20.1. The van der Waals surface area contributed by atoms with E-state index in [-0.39, 0.29) is 16.7 Å². The lowest BCUT2D eigenvalue weighted by Crippen LogP contribution is -2.34. The topological polar surface area (TPSA) is 106 Å². The third-order valence-electron chi connectivity index (χ3n) is 5.74. The molecule has 0 saturated carbocycles. The maximum atomic E-state index is 12.9. The van der Waals surface area contributed by atoms with Crippen LogP contribution in [-0.2, 0) is 6.54 Å². The van der Waals surface area contributed by atoms with Crippen molar-refractivity contribution in [1.82, 2.24) is 9.55 Å². The Morgan fingerprint density at radius 3 is 2.65 bits per heavy atom. The van der Waals surface area contributed by atoms with E-state index in [4.69, 9.17) is 14.5 Å². The molecule has 0 unspecified atom stereocenters. The van der Waals surface area contributed by atoms with Crippen LogP contribution in [0.4, 0.5) is 5.69 Å². The van der Waals surface area contributed by atoms with E-state index in [1.54, 1.807) is 26.0 Å². The summed E-state index contributed by atoms with van der Waals surface area (Å²) < 4.78 is 12.1. The van der Waals surface area contributed by atoms with Crippen molar-refractivity contribution in [2.75, 3.05) is 14.2 Å². The summed E-state index contributed by atoms with van der Waals surface area (Å²) in [6, 6.07) is 13.4. The molecular formula is C25H27N3O5S. The number of thioether (sulfide) groups is 1. The Hall–Kier alpha value is -3.46. The highest BCUT2D eigenvalue weighted by Crippen LogP contribution is 2.47. The number of para-hydroxylation sites is 1. The Kier molecular flexibility index (Phi) is 7.12. The van der Waals surface area contributed by atoms with Gasteiger partial charge in [-0.1, -0.05) is 31.5 Å². The Balaban J connectivity index is 1.86. The van der Waals surface area contributed by atoms with Crippen LogP contribution in [0.5, 0.6) is 17.4 Å². The molecule has 0 radical (unpaired) electrons. The third kappa shape index (κ3) is 4.61. The molecule has 8 nitrogen and oxygen atoms in total. The zero-order valence-electron chi connectivity index (χ0n) is 19.3. The lowest BCUT2D eigenvalue weighted by molar-refractivity contribution is 0.354. The van der Waals surface area contributed by atoms with Crippen molar-refractivity contribution >= 4 is 23.2 Å². The molecule has 0 fully saturated rings. The van der Waals surface area contributed by atoms with Crippen molar-refractivity contribution in [3.05, 3.63) is 74.4 Å². The van der Waals surface area contributed by atoms with Gasteiger partial charge in [-0.05, 0) is 36.2 Å². The highest BCUT2D eigenvalue weighted by atomic mass is 32.2. The first-order chi connectivity index (χ1) is 16.5. The number of H-pyrrole nitrogens is 1. The molecule has 0 bridgehead atoms. The second kappa shape index (κ2) is 10.2. The van der Waals surface area contributed by atoms with E-state index in [0.29, 0.717) is 42.3 Å². The van der Waals surface area contributed by atoms with Crippen molar-refractivity contribution in [2.45, 2.75) is 42.9 Å². The average molecular weight is 482 g/mol. The first-order valence-corrected chi connectivity index (χ1v) is 12.0. The molecule has 0 aliphatic carbocycles. The SMILES string of the molecule is CCCCn1c(O)c(C2=Nc3ccccc3S[C@@H](c3ccc(OC)c(OC)c3)C2)c(=O)[nH]c1=O. The van der Waals surface area contributed by atoms with Gasteiger partial charge in [-0.3, -0.25) is 19.3 Å². The van der Waals surface area contributed by atoms with Gasteiger partial charge in [0.1, 0.15) is 5.56 Å². The number of unbranched alkanes of at least 4 members (excludes halogenated alkanes) is 1. The quantitative estimate of drug-likeness (QED) is 0.518. The molecule has 2 heterocycles. The van der Waals surface area contributed by atoms with Gasteiger partial charge in [0, 0.05) is 23.1 Å². The number of aromatic amines is 1. The molecule has 0 saturated heterocycles. The maximum absolute atomic E-state index is 12.9. The highest BCUT2D eigenvalue weighted by Gasteiger charge is 2.27. The Bertz CT molecular complexity index is 1350. The summed E-state index contributed by atoms with van der Waals surface area (Å²) in [6.07, 6.45) is 1.89. The van der Waals surface area contributed by atoms with Crippen LogP contribution in [0.15, 0.2) is 61.9 Å². The summed E-state index contributed by atoms with van der Waals surface area (Å²) in [4.78, 5) is 33.3. The van der Waals surface area contributed by atoms with Gasteiger partial charge >= 0.3 is 5.69 Å². The molecule has 1 aliphatic rings. The maximum Gasteiger partial charge on any atom is 0.331 e. The summed E-state index contributed by atoms with van der Waals surface area (Å²) in [6.45, 7) is 2.30. The number of benzene rings is 2. The van der Waals surface area contributed by atoms with E-state index in [1.165, 1.54) is 4.57 Å². The van der Waals surface area contributed by atoms with Crippen LogP contribution >= 0.6 is 11.8 Å². The van der Waals surface area contributed by atoms with Crippen molar-refractivity contribution in [3.63, 3.8) is 0 Å². The van der Waals surface area contributed by atoms with Gasteiger partial charge in [-0.25, -0.2) is 4.79 Å². The normalized spacial score (nSPS) is 15.3. The second-order valence-corrected chi connectivity index (χ2v) is 9.16. The fourth-order valence-corrected chi connectivity index (χ4v) is 5.17. The van der Waals surface area contributed by atoms with Crippen LogP contribution in [0.1, 0.15) is 42.6 Å². The van der Waals surface area contributed by atoms with Gasteiger partial charge in [0.15, 0.2) is 11.5 Å². The lowest BCUT2D eigenvalue weighted by atomic mass is 10.0. The van der Waals surface area contributed by atoms with Gasteiger partial charge in [0.05, 0.1) is 25.6 Å². The van der Waals surface area contributed by atoms with Gasteiger partial charge < -0.3 is 14.6 Å². The molecule has 2 aromatic carbocycles. The standard InChI is InChI=1S/C25H27N3O5S/c1-4-5-12-28-24(30)22(23(29)27-25(28)31)17-14-21(34-20-9-7-6-8-16(20)26-17)15-10-11-18(32-2)19(13-15)33-3/h6-11,13,21,30H,4-5,12,14H2,1-3H3,(H,27,29,31)/t21-/m1/s1. The lowest BCUT2D eigenvalue weighted by Gasteiger charge is -2.18. The van der Waals surface area contributed by atoms with Gasteiger partial charge in [0.25, 0.3) is 5.56 Å². The molecule has 178 valence electrons. The summed E-state index contributed by atoms with van der Waals surface area (Å²) in [5.41, 5.74) is 0.835. The smallest absolute Gasteiger partial charge is 0.331 e. The zero-order chi connectivity index (χ0) is 24.2. The van der Waals surface area contributed by atoms with Crippen molar-refractivity contribution < 1.29 is 14.6 Å². The summed E-state index contributed by atoms with van der Waals surface area (Å²) in [5.74, 6) is 0.873. The Morgan fingerprint density at radius 1 is 1.15 bits per heavy atom. The predicted octanol–water partition coefficient (Wildman–Crippen LogP) is 4.42. The fraction of sp³-hybridized carbons (Fsp3) is 0.320. The number of aromatic hydroxyl groups is 1. The van der Waals surface area contributed by atoms with Gasteiger partial charge in [0.2, 0.25) is 5.88 Å². The molecule has 1 aromatic heterocycles. The number of rotatable bonds is 7. The van der Waals surface area contributed by atoms with Crippen molar-refractivity contribution in [3.8, 4) is 17.4 Å². The van der Waals surface area contributed by atoms with Crippen molar-refractivity contribution in [1.29, 1.82) is 0 Å². The Morgan fingerprint density at radius 2 is 1.91 bits per heavy atom. The van der Waals surface area contributed by atoms with Gasteiger partial charge in [-0.2, -0.15) is 0 Å². The monoisotopic (exact) mass is 481 g/mol. The van der Waals surface area contributed by atoms with Crippen LogP contribution in [0, 0.1) is 0 Å². The minimum absolute atomic E-state index is 0.0264. The minimum atomic E-state index is -0.649. The molecule has 1 aliphatic heterocycles. The fourth-order valence-electron chi connectivity index (χ4n) is 3.95. The molecule has 4 rings (SSSR count). The molecular weight excluding hydrogens is 454 g/mol. The molecule has 3 aromatic rings. The molecule has 9 heteroatoms. The molecule has 0 amide bonds. The van der Waals surface area contributed by atoms with Crippen LogP contribution in [0.25, 0.3) is 0 Å². The molecule has 0 spiro atoms. The van der Waals surface area contributed by atoms with Crippen LogP contribution in [0.3, 0.4) is 0 Å². The molecule has 2 N–H and O–H groups in total. The first kappa shape index (κ1) is 23.7. The number of hydrogen-bond acceptors (Lipinski definition) is 7. The van der Waals surface area contributed by atoms with E-state index >= 15 is 0 Å². The van der Waals surface area contributed by atoms with E-state index in [1.807, 2.05) is 49.4 Å². The number of aliphatic imine (C=N–C) groups is 1. The third-order valence-corrected chi connectivity index (χ3v) is 7.07. The van der Waals surface area contributed by atoms with E-state index in [9.17, 15) is 14.7 Å². The number of nitrogens with zero attached hydrogens (tertiary/aromatic N) is 2. The Labute approximate surface area is 201 Å². The molecule has 1 atom stereocenters. The van der Waals surface area contributed by atoms with E-state index in [0.717, 1.165) is 16.9 Å². The number of nitrogens with one attached hydrogen (secondary N) is 1. The number of aromatic nitrogens is 2. The van der Waals surface area contributed by atoms with Gasteiger partial charge in [-0.15, -0.1) is 11.8 Å². The molecule has 34 heavy (non-hydrogen) atoms. The average Bonchev–Trinajstić information content (AvgIpc) is 3.03. The summed E-state index contributed by atoms with van der Waals surface area (Å²) in [5, 5.41) is 10.9. The predicted molar refractivity (Wildman–Crippen MR) is 133 cm³/mol.